The summed E-state index contributed by atoms with van der Waals surface area (Å²) < 4.78 is 33.8. The Labute approximate surface area is 381 Å². The Morgan fingerprint density at radius 1 is 0.581 bits per heavy atom. The molecule has 0 amide bonds. The first-order valence-electron chi connectivity index (χ1n) is 20.7. The normalized spacial score (nSPS) is 17.0. The summed E-state index contributed by atoms with van der Waals surface area (Å²) in [5.41, 5.74) is 1.71. The van der Waals surface area contributed by atoms with Gasteiger partial charge in [-0.2, -0.15) is 0 Å². The van der Waals surface area contributed by atoms with Crippen molar-refractivity contribution in [3.05, 3.63) is 83.9 Å². The maximum Gasteiger partial charge on any atom is 0.328 e. The SMILES string of the molecule is COc1ccc2cc(C(C)C(=O)OCCCOC(=O)C3CCCN3C(=S)SSC(=S)N3CCCC3C(=O)OCCCOC(=O)C(C)c3ccc4cc(OC)ccc4c3)ccc2c1. The van der Waals surface area contributed by atoms with E-state index in [1.165, 1.54) is 21.6 Å². The quantitative estimate of drug-likeness (QED) is 0.0349. The number of nitrogens with zero attached hydrogens (tertiary/aromatic N) is 2. The highest BCUT2D eigenvalue weighted by Crippen LogP contribution is 2.35. The second-order valence-corrected chi connectivity index (χ2v) is 18.6. The summed E-state index contributed by atoms with van der Waals surface area (Å²) in [6.45, 7) is 5.33. The van der Waals surface area contributed by atoms with Gasteiger partial charge in [0.1, 0.15) is 32.2 Å². The third-order valence-electron chi connectivity index (χ3n) is 11.1. The number of esters is 4. The fourth-order valence-electron chi connectivity index (χ4n) is 7.43. The van der Waals surface area contributed by atoms with Crippen LogP contribution in [-0.4, -0.2) is 108 Å². The summed E-state index contributed by atoms with van der Waals surface area (Å²) in [4.78, 5) is 55.5. The number of benzene rings is 4. The van der Waals surface area contributed by atoms with Crippen LogP contribution < -0.4 is 9.47 Å². The van der Waals surface area contributed by atoms with Crippen LogP contribution in [0.1, 0.15) is 75.3 Å². The van der Waals surface area contributed by atoms with Crippen molar-refractivity contribution >= 4 is 100 Å². The number of carbonyl (C=O) groups is 4. The molecule has 330 valence electrons. The van der Waals surface area contributed by atoms with Crippen molar-refractivity contribution in [2.75, 3.05) is 53.7 Å². The number of hydrogen-bond acceptors (Lipinski definition) is 14. The number of likely N-dealkylation sites (tertiary alicyclic amines) is 2. The van der Waals surface area contributed by atoms with Crippen LogP contribution in [0.2, 0.25) is 0 Å². The molecule has 2 aliphatic rings. The third kappa shape index (κ3) is 12.1. The lowest BCUT2D eigenvalue weighted by Gasteiger charge is -2.27. The zero-order valence-electron chi connectivity index (χ0n) is 35.3. The molecule has 0 aliphatic carbocycles. The second-order valence-electron chi connectivity index (χ2n) is 15.2. The summed E-state index contributed by atoms with van der Waals surface area (Å²) in [7, 11) is 5.83. The molecule has 12 nitrogen and oxygen atoms in total. The molecular weight excluding hydrogens is 869 g/mol. The van der Waals surface area contributed by atoms with E-state index in [0.29, 0.717) is 47.4 Å². The molecule has 6 rings (SSSR count). The van der Waals surface area contributed by atoms with Crippen molar-refractivity contribution in [2.24, 2.45) is 0 Å². The van der Waals surface area contributed by atoms with E-state index in [0.717, 1.165) is 57.0 Å². The molecule has 62 heavy (non-hydrogen) atoms. The molecule has 2 saturated heterocycles. The summed E-state index contributed by atoms with van der Waals surface area (Å²) >= 11 is 11.5. The first kappa shape index (κ1) is 46.9. The molecule has 0 bridgehead atoms. The van der Waals surface area contributed by atoms with Gasteiger partial charge in [-0.25, -0.2) is 9.59 Å². The number of fused-ring (bicyclic) bond motifs is 2. The molecule has 4 unspecified atom stereocenters. The van der Waals surface area contributed by atoms with Crippen LogP contribution in [-0.2, 0) is 38.1 Å². The fourth-order valence-corrected chi connectivity index (χ4v) is 10.3. The van der Waals surface area contributed by atoms with Gasteiger partial charge < -0.3 is 38.2 Å². The second kappa shape index (κ2) is 22.6. The minimum atomic E-state index is -0.514. The average molecular weight is 921 g/mol. The van der Waals surface area contributed by atoms with Gasteiger partial charge in [0.2, 0.25) is 0 Å². The van der Waals surface area contributed by atoms with E-state index in [1.54, 1.807) is 14.2 Å². The standard InChI is InChI=1S/C46H52N2O10S4/c1-29(31-11-13-35-27-37(53-3)17-15-33(35)25-31)41(49)55-21-7-23-57-43(51)39-9-5-19-47(39)45(59)61-62-46(60)48-20-6-10-40(48)44(52)58-24-8-22-56-42(50)30(2)32-12-14-36-28-38(54-4)18-16-34(36)26-32/h11-18,25-30,39-40H,5-10,19-24H2,1-4H3. The van der Waals surface area contributed by atoms with E-state index < -0.39 is 23.9 Å². The molecule has 2 heterocycles. The van der Waals surface area contributed by atoms with Crippen molar-refractivity contribution in [2.45, 2.75) is 76.3 Å². The number of ether oxygens (including phenoxy) is 6. The highest BCUT2D eigenvalue weighted by molar-refractivity contribution is 8.89. The van der Waals surface area contributed by atoms with Gasteiger partial charge in [-0.1, -0.05) is 73.0 Å². The van der Waals surface area contributed by atoms with Gasteiger partial charge in [0, 0.05) is 25.9 Å². The molecule has 2 fully saturated rings. The minimum Gasteiger partial charge on any atom is -0.497 e. The van der Waals surface area contributed by atoms with Crippen molar-refractivity contribution in [3.63, 3.8) is 0 Å². The Hall–Kier alpha value is -4.64. The largest absolute Gasteiger partial charge is 0.497 e. The lowest BCUT2D eigenvalue weighted by Crippen LogP contribution is -2.40. The lowest BCUT2D eigenvalue weighted by molar-refractivity contribution is -0.151. The zero-order valence-corrected chi connectivity index (χ0v) is 38.6. The van der Waals surface area contributed by atoms with Crippen LogP contribution in [0.4, 0.5) is 0 Å². The van der Waals surface area contributed by atoms with Gasteiger partial charge in [-0.15, -0.1) is 0 Å². The van der Waals surface area contributed by atoms with Crippen molar-refractivity contribution in [1.29, 1.82) is 0 Å². The predicted octanol–water partition coefficient (Wildman–Crippen LogP) is 8.75. The Morgan fingerprint density at radius 3 is 1.35 bits per heavy atom. The van der Waals surface area contributed by atoms with Gasteiger partial charge in [0.15, 0.2) is 0 Å². The maximum absolute atomic E-state index is 13.1. The number of hydrogen-bond donors (Lipinski definition) is 0. The highest BCUT2D eigenvalue weighted by atomic mass is 33.1. The van der Waals surface area contributed by atoms with Crippen molar-refractivity contribution in [3.8, 4) is 11.5 Å². The van der Waals surface area contributed by atoms with Crippen LogP contribution in [0, 0.1) is 0 Å². The fraction of sp³-hybridized carbons (Fsp3) is 0.435. The maximum atomic E-state index is 13.1. The van der Waals surface area contributed by atoms with Gasteiger partial charge in [0.25, 0.3) is 0 Å². The van der Waals surface area contributed by atoms with Crippen LogP contribution >= 0.6 is 46.0 Å². The smallest absolute Gasteiger partial charge is 0.328 e. The Bertz CT molecular complexity index is 2120. The number of thiocarbonyl (C=S) groups is 2. The molecular formula is C46H52N2O10S4. The van der Waals surface area contributed by atoms with E-state index >= 15 is 0 Å². The topological polar surface area (TPSA) is 130 Å². The van der Waals surface area contributed by atoms with Crippen LogP contribution in [0.5, 0.6) is 11.5 Å². The monoisotopic (exact) mass is 920 g/mol. The molecule has 16 heteroatoms. The molecule has 0 N–H and O–H groups in total. The highest BCUT2D eigenvalue weighted by Gasteiger charge is 2.36. The van der Waals surface area contributed by atoms with E-state index in [1.807, 2.05) is 96.4 Å². The number of methoxy groups -OCH3 is 2. The Balaban J connectivity index is 0.856. The molecule has 4 atom stereocenters. The minimum absolute atomic E-state index is 0.112. The van der Waals surface area contributed by atoms with E-state index in [4.69, 9.17) is 52.9 Å². The molecule has 0 aromatic heterocycles. The zero-order chi connectivity index (χ0) is 44.2. The van der Waals surface area contributed by atoms with Gasteiger partial charge in [0.05, 0.1) is 52.5 Å². The van der Waals surface area contributed by atoms with Gasteiger partial charge >= 0.3 is 23.9 Å². The molecule has 0 saturated carbocycles. The summed E-state index contributed by atoms with van der Waals surface area (Å²) in [6.07, 6.45) is 3.53. The first-order valence-corrected chi connectivity index (χ1v) is 23.7. The Kier molecular flexibility index (Phi) is 17.1. The molecule has 0 spiro atoms. The molecule has 4 aromatic carbocycles. The summed E-state index contributed by atoms with van der Waals surface area (Å²) in [5, 5.41) is 4.05. The van der Waals surface area contributed by atoms with Crippen LogP contribution in [0.25, 0.3) is 21.5 Å². The van der Waals surface area contributed by atoms with Gasteiger partial charge in [-0.05, 0) is 118 Å². The average Bonchev–Trinajstić information content (AvgIpc) is 4.01. The van der Waals surface area contributed by atoms with Crippen LogP contribution in [0.3, 0.4) is 0 Å². The molecule has 0 radical (unpaired) electrons. The van der Waals surface area contributed by atoms with Crippen molar-refractivity contribution < 1.29 is 47.6 Å². The first-order chi connectivity index (χ1) is 30.0. The Morgan fingerprint density at radius 2 is 0.952 bits per heavy atom. The van der Waals surface area contributed by atoms with E-state index in [2.05, 4.69) is 0 Å². The number of rotatable bonds is 16. The number of carbonyl (C=O) groups excluding carboxylic acids is 4. The summed E-state index contributed by atoms with van der Waals surface area (Å²) in [5.74, 6) is -0.799. The molecule has 4 aromatic rings. The summed E-state index contributed by atoms with van der Waals surface area (Å²) in [6, 6.07) is 22.3. The van der Waals surface area contributed by atoms with Crippen molar-refractivity contribution in [1.82, 2.24) is 9.80 Å². The predicted molar refractivity (Wildman–Crippen MR) is 251 cm³/mol. The van der Waals surface area contributed by atoms with Gasteiger partial charge in [-0.3, -0.25) is 9.59 Å². The van der Waals surface area contributed by atoms with E-state index in [-0.39, 0.29) is 50.3 Å². The van der Waals surface area contributed by atoms with Crippen LogP contribution in [0.15, 0.2) is 72.8 Å². The molecule has 2 aliphatic heterocycles. The lowest BCUT2D eigenvalue weighted by atomic mass is 9.98. The third-order valence-corrected chi connectivity index (χ3v) is 14.7. The van der Waals surface area contributed by atoms with E-state index in [9.17, 15) is 19.2 Å².